The Morgan fingerprint density at radius 1 is 1.20 bits per heavy atom. The fourth-order valence-electron chi connectivity index (χ4n) is 2.79. The summed E-state index contributed by atoms with van der Waals surface area (Å²) < 4.78 is 0. The van der Waals surface area contributed by atoms with Crippen LogP contribution < -0.4 is 5.73 Å². The van der Waals surface area contributed by atoms with Gasteiger partial charge in [0.1, 0.15) is 0 Å². The number of amides is 1. The van der Waals surface area contributed by atoms with Crippen molar-refractivity contribution in [2.45, 2.75) is 19.3 Å². The summed E-state index contributed by atoms with van der Waals surface area (Å²) in [5.41, 5.74) is 6.85. The fourth-order valence-corrected chi connectivity index (χ4v) is 2.79. The van der Waals surface area contributed by atoms with Gasteiger partial charge in [-0.25, -0.2) is 0 Å². The van der Waals surface area contributed by atoms with E-state index in [1.54, 1.807) is 0 Å². The Kier molecular flexibility index (Phi) is 5.56. The highest BCUT2D eigenvalue weighted by atomic mass is 16.2. The maximum atomic E-state index is 12.6. The third kappa shape index (κ3) is 3.58. The molecule has 0 bridgehead atoms. The standard InChI is InChI=1S/C16H25N3O/c1-2-8-18-9-11-19(12-10-18)16(20)15(13-17)14-6-4-3-5-7-14/h3-7,15H,2,8-13,17H2,1H3. The molecule has 1 fully saturated rings. The number of rotatable bonds is 5. The molecule has 1 heterocycles. The molecule has 0 radical (unpaired) electrons. The highest BCUT2D eigenvalue weighted by Gasteiger charge is 2.27. The smallest absolute Gasteiger partial charge is 0.231 e. The quantitative estimate of drug-likeness (QED) is 0.881. The first kappa shape index (κ1) is 15.0. The first-order valence-corrected chi connectivity index (χ1v) is 7.52. The number of benzene rings is 1. The van der Waals surface area contributed by atoms with E-state index in [4.69, 9.17) is 5.73 Å². The average Bonchev–Trinajstić information content (AvgIpc) is 2.50. The van der Waals surface area contributed by atoms with Crippen molar-refractivity contribution in [2.75, 3.05) is 39.3 Å². The molecule has 2 rings (SSSR count). The van der Waals surface area contributed by atoms with Crippen LogP contribution in [-0.2, 0) is 4.79 Å². The van der Waals surface area contributed by atoms with E-state index in [-0.39, 0.29) is 11.8 Å². The largest absolute Gasteiger partial charge is 0.340 e. The summed E-state index contributed by atoms with van der Waals surface area (Å²) in [4.78, 5) is 17.0. The molecule has 1 amide bonds. The number of piperazine rings is 1. The number of hydrogen-bond donors (Lipinski definition) is 1. The summed E-state index contributed by atoms with van der Waals surface area (Å²) in [5, 5.41) is 0. The van der Waals surface area contributed by atoms with Crippen LogP contribution >= 0.6 is 0 Å². The molecule has 4 nitrogen and oxygen atoms in total. The molecule has 0 saturated carbocycles. The molecule has 1 unspecified atom stereocenters. The summed E-state index contributed by atoms with van der Waals surface area (Å²) in [6.07, 6.45) is 1.17. The van der Waals surface area contributed by atoms with Crippen LogP contribution in [0.15, 0.2) is 30.3 Å². The second-order valence-electron chi connectivity index (χ2n) is 5.37. The third-order valence-corrected chi connectivity index (χ3v) is 3.96. The van der Waals surface area contributed by atoms with Crippen LogP contribution in [-0.4, -0.2) is 55.0 Å². The number of nitrogens with zero attached hydrogens (tertiary/aromatic N) is 2. The van der Waals surface area contributed by atoms with E-state index in [9.17, 15) is 4.79 Å². The lowest BCUT2D eigenvalue weighted by molar-refractivity contribution is -0.134. The lowest BCUT2D eigenvalue weighted by atomic mass is 9.97. The van der Waals surface area contributed by atoms with Gasteiger partial charge in [0.25, 0.3) is 0 Å². The van der Waals surface area contributed by atoms with Crippen LogP contribution in [0.2, 0.25) is 0 Å². The molecule has 1 aromatic carbocycles. The molecule has 4 heteroatoms. The summed E-state index contributed by atoms with van der Waals surface area (Å²) in [5.74, 6) is -0.0243. The summed E-state index contributed by atoms with van der Waals surface area (Å²) in [6.45, 7) is 7.29. The minimum Gasteiger partial charge on any atom is -0.340 e. The van der Waals surface area contributed by atoms with Crippen molar-refractivity contribution in [3.63, 3.8) is 0 Å². The third-order valence-electron chi connectivity index (χ3n) is 3.96. The van der Waals surface area contributed by atoms with Gasteiger partial charge in [-0.1, -0.05) is 37.3 Å². The van der Waals surface area contributed by atoms with Gasteiger partial charge in [0, 0.05) is 32.7 Å². The highest BCUT2D eigenvalue weighted by Crippen LogP contribution is 2.18. The summed E-state index contributed by atoms with van der Waals surface area (Å²) in [7, 11) is 0. The van der Waals surface area contributed by atoms with Crippen molar-refractivity contribution in [1.29, 1.82) is 0 Å². The molecule has 1 aliphatic rings. The van der Waals surface area contributed by atoms with E-state index in [1.165, 1.54) is 6.42 Å². The van der Waals surface area contributed by atoms with Crippen LogP contribution in [0.5, 0.6) is 0 Å². The predicted molar refractivity (Wildman–Crippen MR) is 81.5 cm³/mol. The molecule has 2 N–H and O–H groups in total. The topological polar surface area (TPSA) is 49.6 Å². The van der Waals surface area contributed by atoms with Gasteiger partial charge in [0.15, 0.2) is 0 Å². The van der Waals surface area contributed by atoms with Gasteiger partial charge in [-0.2, -0.15) is 0 Å². The van der Waals surface area contributed by atoms with Crippen LogP contribution in [0.4, 0.5) is 0 Å². The Morgan fingerprint density at radius 2 is 1.85 bits per heavy atom. The van der Waals surface area contributed by atoms with Gasteiger partial charge in [-0.3, -0.25) is 9.69 Å². The SMILES string of the molecule is CCCN1CCN(C(=O)C(CN)c2ccccc2)CC1. The summed E-state index contributed by atoms with van der Waals surface area (Å²) in [6, 6.07) is 9.87. The Labute approximate surface area is 121 Å². The molecular formula is C16H25N3O. The first-order valence-electron chi connectivity index (χ1n) is 7.52. The van der Waals surface area contributed by atoms with Crippen LogP contribution in [0.25, 0.3) is 0 Å². The zero-order chi connectivity index (χ0) is 14.4. The van der Waals surface area contributed by atoms with Gasteiger partial charge < -0.3 is 10.6 Å². The van der Waals surface area contributed by atoms with Crippen molar-refractivity contribution >= 4 is 5.91 Å². The molecule has 1 aliphatic heterocycles. The molecule has 1 saturated heterocycles. The minimum atomic E-state index is -0.200. The molecule has 0 aromatic heterocycles. The Bertz CT molecular complexity index is 413. The molecule has 0 aliphatic carbocycles. The van der Waals surface area contributed by atoms with Crippen LogP contribution in [0, 0.1) is 0 Å². The van der Waals surface area contributed by atoms with Gasteiger partial charge in [0.05, 0.1) is 5.92 Å². The number of nitrogens with two attached hydrogens (primary N) is 1. The maximum absolute atomic E-state index is 12.6. The average molecular weight is 275 g/mol. The van der Waals surface area contributed by atoms with E-state index in [0.717, 1.165) is 38.3 Å². The fraction of sp³-hybridized carbons (Fsp3) is 0.562. The summed E-state index contributed by atoms with van der Waals surface area (Å²) >= 11 is 0. The lowest BCUT2D eigenvalue weighted by Crippen LogP contribution is -2.50. The number of hydrogen-bond acceptors (Lipinski definition) is 3. The Morgan fingerprint density at radius 3 is 2.40 bits per heavy atom. The van der Waals surface area contributed by atoms with E-state index in [0.29, 0.717) is 6.54 Å². The Balaban J connectivity index is 1.97. The normalized spacial score (nSPS) is 18.0. The van der Waals surface area contributed by atoms with E-state index in [1.807, 2.05) is 35.2 Å². The number of carbonyl (C=O) groups excluding carboxylic acids is 1. The molecule has 20 heavy (non-hydrogen) atoms. The zero-order valence-electron chi connectivity index (χ0n) is 12.3. The minimum absolute atomic E-state index is 0.176. The molecule has 110 valence electrons. The van der Waals surface area contributed by atoms with Crippen molar-refractivity contribution in [1.82, 2.24) is 9.80 Å². The van der Waals surface area contributed by atoms with Crippen molar-refractivity contribution < 1.29 is 4.79 Å². The van der Waals surface area contributed by atoms with Gasteiger partial charge >= 0.3 is 0 Å². The molecule has 1 atom stereocenters. The lowest BCUT2D eigenvalue weighted by Gasteiger charge is -2.36. The van der Waals surface area contributed by atoms with Crippen molar-refractivity contribution in [3.8, 4) is 0 Å². The highest BCUT2D eigenvalue weighted by molar-refractivity contribution is 5.84. The number of carbonyl (C=O) groups is 1. The van der Waals surface area contributed by atoms with Crippen molar-refractivity contribution in [3.05, 3.63) is 35.9 Å². The van der Waals surface area contributed by atoms with Gasteiger partial charge in [0.2, 0.25) is 5.91 Å². The van der Waals surface area contributed by atoms with Gasteiger partial charge in [-0.05, 0) is 18.5 Å². The monoisotopic (exact) mass is 275 g/mol. The zero-order valence-corrected chi connectivity index (χ0v) is 12.3. The maximum Gasteiger partial charge on any atom is 0.231 e. The first-order chi connectivity index (χ1) is 9.76. The second-order valence-corrected chi connectivity index (χ2v) is 5.37. The van der Waals surface area contributed by atoms with Gasteiger partial charge in [-0.15, -0.1) is 0 Å². The van der Waals surface area contributed by atoms with Crippen molar-refractivity contribution in [2.24, 2.45) is 5.73 Å². The molecular weight excluding hydrogens is 250 g/mol. The molecule has 1 aromatic rings. The van der Waals surface area contributed by atoms with E-state index < -0.39 is 0 Å². The second kappa shape index (κ2) is 7.41. The van der Waals surface area contributed by atoms with E-state index >= 15 is 0 Å². The Hall–Kier alpha value is -1.39. The predicted octanol–water partition coefficient (Wildman–Crippen LogP) is 1.28. The van der Waals surface area contributed by atoms with Crippen LogP contribution in [0.1, 0.15) is 24.8 Å². The van der Waals surface area contributed by atoms with E-state index in [2.05, 4.69) is 11.8 Å². The van der Waals surface area contributed by atoms with Crippen LogP contribution in [0.3, 0.4) is 0 Å². The molecule has 0 spiro atoms.